The van der Waals surface area contributed by atoms with Crippen molar-refractivity contribution in [2.45, 2.75) is 32.2 Å². The Morgan fingerprint density at radius 1 is 1.47 bits per heavy atom. The Kier molecular flexibility index (Phi) is 4.82. The molecule has 5 heteroatoms. The summed E-state index contributed by atoms with van der Waals surface area (Å²) >= 11 is 3.42. The molecule has 1 aliphatic carbocycles. The molecule has 104 valence electrons. The third-order valence-electron chi connectivity index (χ3n) is 3.11. The number of halogens is 1. The van der Waals surface area contributed by atoms with Gasteiger partial charge in [-0.25, -0.2) is 0 Å². The number of amides is 1. The molecular weight excluding hydrogens is 308 g/mol. The van der Waals surface area contributed by atoms with Crippen LogP contribution in [0.5, 0.6) is 5.75 Å². The summed E-state index contributed by atoms with van der Waals surface area (Å²) in [6.07, 6.45) is 2.96. The van der Waals surface area contributed by atoms with Crippen LogP contribution in [0.3, 0.4) is 0 Å². The van der Waals surface area contributed by atoms with Crippen LogP contribution in [0.25, 0.3) is 0 Å². The van der Waals surface area contributed by atoms with Gasteiger partial charge in [-0.05, 0) is 37.5 Å². The molecule has 0 saturated heterocycles. The van der Waals surface area contributed by atoms with Crippen LogP contribution >= 0.6 is 15.9 Å². The van der Waals surface area contributed by atoms with Gasteiger partial charge in [-0.1, -0.05) is 15.9 Å². The van der Waals surface area contributed by atoms with E-state index in [2.05, 4.69) is 26.6 Å². The van der Waals surface area contributed by atoms with Gasteiger partial charge >= 0.3 is 0 Å². The third kappa shape index (κ3) is 4.21. The first-order valence-corrected chi connectivity index (χ1v) is 7.27. The number of hydrogen-bond acceptors (Lipinski definition) is 3. The van der Waals surface area contributed by atoms with E-state index in [0.717, 1.165) is 22.3 Å². The molecule has 4 nitrogen and oxygen atoms in total. The summed E-state index contributed by atoms with van der Waals surface area (Å²) < 4.78 is 6.24. The van der Waals surface area contributed by atoms with Crippen molar-refractivity contribution in [3.8, 4) is 5.75 Å². The Hall–Kier alpha value is -1.07. The van der Waals surface area contributed by atoms with E-state index in [9.17, 15) is 4.79 Å². The Balaban J connectivity index is 1.94. The van der Waals surface area contributed by atoms with Crippen molar-refractivity contribution in [2.24, 2.45) is 0 Å². The monoisotopic (exact) mass is 326 g/mol. The van der Waals surface area contributed by atoms with Crippen LogP contribution in [-0.2, 0) is 4.79 Å². The van der Waals surface area contributed by atoms with Gasteiger partial charge in [-0.15, -0.1) is 0 Å². The normalized spacial score (nSPS) is 14.3. The van der Waals surface area contributed by atoms with Gasteiger partial charge in [-0.2, -0.15) is 0 Å². The van der Waals surface area contributed by atoms with Crippen molar-refractivity contribution < 1.29 is 9.53 Å². The lowest BCUT2D eigenvalue weighted by Gasteiger charge is -2.13. The summed E-state index contributed by atoms with van der Waals surface area (Å²) in [7, 11) is 1.60. The predicted octanol–water partition coefficient (Wildman–Crippen LogP) is 2.85. The van der Waals surface area contributed by atoms with Gasteiger partial charge in [0.05, 0.1) is 12.8 Å². The van der Waals surface area contributed by atoms with Crippen LogP contribution in [-0.4, -0.2) is 25.6 Å². The van der Waals surface area contributed by atoms with Gasteiger partial charge in [0.1, 0.15) is 5.75 Å². The number of hydrogen-bond donors (Lipinski definition) is 2. The van der Waals surface area contributed by atoms with Crippen molar-refractivity contribution in [2.75, 3.05) is 19.0 Å². The maximum atomic E-state index is 11.9. The first-order valence-electron chi connectivity index (χ1n) is 6.47. The molecule has 0 aliphatic heterocycles. The first kappa shape index (κ1) is 14.3. The lowest BCUT2D eigenvalue weighted by Crippen LogP contribution is -2.23. The lowest BCUT2D eigenvalue weighted by atomic mass is 10.2. The Morgan fingerprint density at radius 2 is 2.21 bits per heavy atom. The van der Waals surface area contributed by atoms with E-state index in [1.165, 1.54) is 12.8 Å². The maximum absolute atomic E-state index is 11.9. The second-order valence-electron chi connectivity index (χ2n) is 4.83. The minimum absolute atomic E-state index is 0.0110. The van der Waals surface area contributed by atoms with Crippen molar-refractivity contribution in [3.05, 3.63) is 22.2 Å². The van der Waals surface area contributed by atoms with Gasteiger partial charge in [0.2, 0.25) is 5.91 Å². The van der Waals surface area contributed by atoms with Crippen molar-refractivity contribution >= 4 is 27.5 Å². The van der Waals surface area contributed by atoms with Crippen LogP contribution in [0.1, 0.15) is 24.8 Å². The second kappa shape index (κ2) is 6.39. The number of ether oxygens (including phenoxy) is 1. The number of anilines is 1. The average molecular weight is 327 g/mol. The fourth-order valence-corrected chi connectivity index (χ4v) is 2.46. The molecule has 0 radical (unpaired) electrons. The average Bonchev–Trinajstić information content (AvgIpc) is 3.16. The standard InChI is InChI=1S/C14H19BrN2O2/c1-9-7-10(15)8-12(19-2)14(9)17-13(18)5-6-16-11-3-4-11/h7-8,11,16H,3-6H2,1-2H3,(H,17,18). The number of carbonyl (C=O) groups is 1. The topological polar surface area (TPSA) is 50.4 Å². The van der Waals surface area contributed by atoms with Gasteiger partial charge in [0, 0.05) is 23.5 Å². The Labute approximate surface area is 122 Å². The number of rotatable bonds is 6. The zero-order chi connectivity index (χ0) is 13.8. The molecule has 2 N–H and O–H groups in total. The Morgan fingerprint density at radius 3 is 2.84 bits per heavy atom. The highest BCUT2D eigenvalue weighted by molar-refractivity contribution is 9.10. The quantitative estimate of drug-likeness (QED) is 0.845. The van der Waals surface area contributed by atoms with Crippen LogP contribution in [0, 0.1) is 6.92 Å². The largest absolute Gasteiger partial charge is 0.495 e. The fourth-order valence-electron chi connectivity index (χ4n) is 1.91. The molecule has 1 amide bonds. The fraction of sp³-hybridized carbons (Fsp3) is 0.500. The molecule has 1 aliphatic rings. The summed E-state index contributed by atoms with van der Waals surface area (Å²) in [5.41, 5.74) is 1.73. The van der Waals surface area contributed by atoms with Crippen LogP contribution in [0.4, 0.5) is 5.69 Å². The summed E-state index contributed by atoms with van der Waals surface area (Å²) in [4.78, 5) is 11.9. The van der Waals surface area contributed by atoms with E-state index in [0.29, 0.717) is 18.2 Å². The summed E-state index contributed by atoms with van der Waals surface area (Å²) in [5.74, 6) is 0.687. The van der Waals surface area contributed by atoms with Crippen LogP contribution < -0.4 is 15.4 Å². The predicted molar refractivity (Wildman–Crippen MR) is 79.7 cm³/mol. The molecule has 0 bridgehead atoms. The minimum atomic E-state index is 0.0110. The van der Waals surface area contributed by atoms with E-state index in [1.807, 2.05) is 19.1 Å². The number of carbonyl (C=O) groups excluding carboxylic acids is 1. The summed E-state index contributed by atoms with van der Waals surface area (Å²) in [5, 5.41) is 6.25. The lowest BCUT2D eigenvalue weighted by molar-refractivity contribution is -0.116. The van der Waals surface area contributed by atoms with E-state index in [-0.39, 0.29) is 5.91 Å². The van der Waals surface area contributed by atoms with Crippen LogP contribution in [0.2, 0.25) is 0 Å². The third-order valence-corrected chi connectivity index (χ3v) is 3.57. The molecule has 1 aromatic carbocycles. The number of nitrogens with one attached hydrogen (secondary N) is 2. The van der Waals surface area contributed by atoms with Crippen molar-refractivity contribution in [3.63, 3.8) is 0 Å². The summed E-state index contributed by atoms with van der Waals surface area (Å²) in [6, 6.07) is 4.45. The van der Waals surface area contributed by atoms with Gasteiger partial charge in [0.25, 0.3) is 0 Å². The van der Waals surface area contributed by atoms with Crippen molar-refractivity contribution in [1.82, 2.24) is 5.32 Å². The molecule has 1 fully saturated rings. The molecule has 1 saturated carbocycles. The minimum Gasteiger partial charge on any atom is -0.495 e. The second-order valence-corrected chi connectivity index (χ2v) is 5.74. The van der Waals surface area contributed by atoms with E-state index >= 15 is 0 Å². The molecule has 0 aromatic heterocycles. The molecule has 0 spiro atoms. The SMILES string of the molecule is COc1cc(Br)cc(C)c1NC(=O)CCNC1CC1. The summed E-state index contributed by atoms with van der Waals surface area (Å²) in [6.45, 7) is 2.68. The first-order chi connectivity index (χ1) is 9.10. The molecule has 0 heterocycles. The van der Waals surface area contributed by atoms with E-state index < -0.39 is 0 Å². The van der Waals surface area contributed by atoms with Crippen molar-refractivity contribution in [1.29, 1.82) is 0 Å². The van der Waals surface area contributed by atoms with E-state index in [4.69, 9.17) is 4.74 Å². The molecule has 0 unspecified atom stereocenters. The smallest absolute Gasteiger partial charge is 0.225 e. The molecular formula is C14H19BrN2O2. The van der Waals surface area contributed by atoms with Crippen LogP contribution in [0.15, 0.2) is 16.6 Å². The van der Waals surface area contributed by atoms with Gasteiger partial charge in [-0.3, -0.25) is 4.79 Å². The molecule has 1 aromatic rings. The zero-order valence-electron chi connectivity index (χ0n) is 11.3. The van der Waals surface area contributed by atoms with Gasteiger partial charge < -0.3 is 15.4 Å². The van der Waals surface area contributed by atoms with E-state index in [1.54, 1.807) is 7.11 Å². The molecule has 0 atom stereocenters. The highest BCUT2D eigenvalue weighted by Gasteiger charge is 2.20. The zero-order valence-corrected chi connectivity index (χ0v) is 12.8. The van der Waals surface area contributed by atoms with Gasteiger partial charge in [0.15, 0.2) is 0 Å². The maximum Gasteiger partial charge on any atom is 0.225 e. The Bertz CT molecular complexity index is 473. The highest BCUT2D eigenvalue weighted by Crippen LogP contribution is 2.32. The highest BCUT2D eigenvalue weighted by atomic mass is 79.9. The number of benzene rings is 1. The molecule has 19 heavy (non-hydrogen) atoms. The molecule has 2 rings (SSSR count). The number of methoxy groups -OCH3 is 1. The number of aryl methyl sites for hydroxylation is 1.